The van der Waals surface area contributed by atoms with E-state index in [0.29, 0.717) is 55.4 Å². The maximum atomic E-state index is 14.0. The molecule has 63 heavy (non-hydrogen) atoms. The number of hydrogen-bond donors (Lipinski definition) is 3. The van der Waals surface area contributed by atoms with Crippen LogP contribution in [0.5, 0.6) is 17.2 Å². The molecule has 2 heterocycles. The Labute approximate surface area is 372 Å². The molecule has 16 heteroatoms. The van der Waals surface area contributed by atoms with Crippen molar-refractivity contribution in [3.05, 3.63) is 117 Å². The second kappa shape index (κ2) is 17.9. The molecule has 3 aliphatic rings. The number of anilines is 1. The van der Waals surface area contributed by atoms with Crippen LogP contribution in [0, 0.1) is 21.4 Å². The highest BCUT2D eigenvalue weighted by atomic mass is 35.5. The number of rotatable bonds is 13. The number of halogens is 1. The van der Waals surface area contributed by atoms with Crippen LogP contribution in [0.2, 0.25) is 5.02 Å². The average molecular weight is 897 g/mol. The molecule has 1 aliphatic heterocycles. The highest BCUT2D eigenvalue weighted by molar-refractivity contribution is 7.90. The van der Waals surface area contributed by atoms with Crippen molar-refractivity contribution in [2.24, 2.45) is 11.3 Å². The van der Waals surface area contributed by atoms with Gasteiger partial charge in [0.05, 0.1) is 44.7 Å². The van der Waals surface area contributed by atoms with Gasteiger partial charge in [-0.25, -0.2) is 13.1 Å². The first-order valence-corrected chi connectivity index (χ1v) is 23.3. The van der Waals surface area contributed by atoms with Crippen molar-refractivity contribution in [1.82, 2.24) is 19.8 Å². The number of piperazine rings is 1. The largest absolute Gasteiger partial charge is 0.487 e. The van der Waals surface area contributed by atoms with Gasteiger partial charge < -0.3 is 19.5 Å². The van der Waals surface area contributed by atoms with Gasteiger partial charge in [0.15, 0.2) is 5.75 Å². The maximum Gasteiger partial charge on any atom is 0.312 e. The summed E-state index contributed by atoms with van der Waals surface area (Å²) in [7, 11) is -4.61. The molecule has 0 unspecified atom stereocenters. The van der Waals surface area contributed by atoms with Crippen molar-refractivity contribution in [2.75, 3.05) is 44.2 Å². The number of sulfonamides is 1. The number of hydrogen-bond acceptors (Lipinski definition) is 11. The van der Waals surface area contributed by atoms with E-state index in [1.807, 2.05) is 18.2 Å². The lowest BCUT2D eigenvalue weighted by molar-refractivity contribution is -0.386. The summed E-state index contributed by atoms with van der Waals surface area (Å²) < 4.78 is 41.8. The number of fused-ring (bicyclic) bond motifs is 1. The van der Waals surface area contributed by atoms with Crippen molar-refractivity contribution in [1.29, 1.82) is 0 Å². The predicted molar refractivity (Wildman–Crippen MR) is 243 cm³/mol. The standard InChI is InChI=1S/C47H53ClN6O8S/c1-46(2)18-17-33(38(27-46)32-7-9-34(48)10-8-32)29-52-21-23-53(24-22-52)35-11-13-37(44(25-35)62-42-6-4-5-40-39(42)28-49-50-40)45(55)51-63(59,60)36-12-14-43(41(26-36)54(57)58)61-30-31-15-19-47(3,56)20-16-31/h4-14,25-26,28,31,56H,15-24,27,29-30H2,1-3H3,(H,49,50)(H,51,55)/t31-,47-. The van der Waals surface area contributed by atoms with Crippen molar-refractivity contribution in [2.45, 2.75) is 76.2 Å². The lowest BCUT2D eigenvalue weighted by Gasteiger charge is -2.39. The summed E-state index contributed by atoms with van der Waals surface area (Å²) in [6.45, 7) is 10.6. The Bertz CT molecular complexity index is 2650. The molecule has 1 aromatic heterocycles. The molecular weight excluding hydrogens is 844 g/mol. The van der Waals surface area contributed by atoms with Gasteiger partial charge in [-0.2, -0.15) is 5.10 Å². The Morgan fingerprint density at radius 3 is 2.44 bits per heavy atom. The molecule has 8 rings (SSSR count). The van der Waals surface area contributed by atoms with Crippen LogP contribution in [0.25, 0.3) is 16.5 Å². The summed E-state index contributed by atoms with van der Waals surface area (Å²) in [6, 6.07) is 21.9. The van der Waals surface area contributed by atoms with E-state index in [2.05, 4.69) is 50.7 Å². The number of allylic oxidation sites excluding steroid dienone is 1. The van der Waals surface area contributed by atoms with Crippen LogP contribution in [0.15, 0.2) is 95.5 Å². The van der Waals surface area contributed by atoms with E-state index in [4.69, 9.17) is 21.1 Å². The molecule has 0 bridgehead atoms. The molecule has 0 radical (unpaired) electrons. The summed E-state index contributed by atoms with van der Waals surface area (Å²) >= 11 is 6.24. The summed E-state index contributed by atoms with van der Waals surface area (Å²) in [5, 5.41) is 30.8. The second-order valence-electron chi connectivity index (χ2n) is 18.1. The zero-order valence-electron chi connectivity index (χ0n) is 35.7. The van der Waals surface area contributed by atoms with Crippen LogP contribution in [0.1, 0.15) is 81.6 Å². The van der Waals surface area contributed by atoms with E-state index >= 15 is 0 Å². The van der Waals surface area contributed by atoms with Gasteiger partial charge in [-0.1, -0.05) is 49.2 Å². The number of aromatic nitrogens is 2. The van der Waals surface area contributed by atoms with Gasteiger partial charge in [0, 0.05) is 55.6 Å². The molecule has 14 nitrogen and oxygen atoms in total. The fourth-order valence-electron chi connectivity index (χ4n) is 8.87. The van der Waals surface area contributed by atoms with E-state index in [-0.39, 0.29) is 35.0 Å². The van der Waals surface area contributed by atoms with Gasteiger partial charge in [-0.05, 0) is 123 Å². The minimum atomic E-state index is -4.61. The Balaban J connectivity index is 1.00. The average Bonchev–Trinajstić information content (AvgIpc) is 3.74. The molecule has 0 atom stereocenters. The van der Waals surface area contributed by atoms with E-state index in [1.165, 1.54) is 34.9 Å². The zero-order valence-corrected chi connectivity index (χ0v) is 37.3. The number of aliphatic hydroxyl groups is 1. The molecule has 4 aromatic carbocycles. The minimum Gasteiger partial charge on any atom is -0.487 e. The molecule has 1 saturated heterocycles. The van der Waals surface area contributed by atoms with Gasteiger partial charge >= 0.3 is 5.69 Å². The number of nitro benzene ring substituents is 1. The number of carbonyl (C=O) groups excluding carboxylic acids is 1. The number of carbonyl (C=O) groups is 1. The fourth-order valence-corrected chi connectivity index (χ4v) is 9.98. The Morgan fingerprint density at radius 2 is 1.71 bits per heavy atom. The fraction of sp³-hybridized carbons (Fsp3) is 0.404. The van der Waals surface area contributed by atoms with Crippen molar-refractivity contribution < 1.29 is 32.7 Å². The van der Waals surface area contributed by atoms with Crippen LogP contribution < -0.4 is 19.1 Å². The van der Waals surface area contributed by atoms with E-state index in [1.54, 1.807) is 37.4 Å². The smallest absolute Gasteiger partial charge is 0.312 e. The topological polar surface area (TPSA) is 180 Å². The first kappa shape index (κ1) is 44.1. The molecule has 2 fully saturated rings. The van der Waals surface area contributed by atoms with Gasteiger partial charge in [0.1, 0.15) is 11.5 Å². The summed E-state index contributed by atoms with van der Waals surface area (Å²) in [5.74, 6) is -0.436. The number of H-pyrrole nitrogens is 1. The predicted octanol–water partition coefficient (Wildman–Crippen LogP) is 9.14. The van der Waals surface area contributed by atoms with Gasteiger partial charge in [-0.3, -0.25) is 24.9 Å². The SMILES string of the molecule is CC1(C)CCC(CN2CCN(c3ccc(C(=O)NS(=O)(=O)c4ccc(OC[C@H]5CC[C@](C)(O)CC5)c([N+](=O)[O-])c4)c(Oc4cccc5[nH]ncc45)c3)CC2)=C(c2ccc(Cl)cc2)C1. The van der Waals surface area contributed by atoms with E-state index in [0.717, 1.165) is 55.7 Å². The lowest BCUT2D eigenvalue weighted by atomic mass is 9.72. The molecule has 1 amide bonds. The van der Waals surface area contributed by atoms with Gasteiger partial charge in [0.25, 0.3) is 15.9 Å². The Kier molecular flexibility index (Phi) is 12.6. The monoisotopic (exact) mass is 896 g/mol. The molecule has 2 aliphatic carbocycles. The van der Waals surface area contributed by atoms with Crippen LogP contribution >= 0.6 is 11.6 Å². The minimum absolute atomic E-state index is 0.0516. The number of aromatic amines is 1. The maximum absolute atomic E-state index is 14.0. The van der Waals surface area contributed by atoms with Gasteiger partial charge in [0.2, 0.25) is 0 Å². The first-order valence-electron chi connectivity index (χ1n) is 21.4. The third kappa shape index (κ3) is 10.3. The normalized spacial score (nSPS) is 20.7. The molecule has 332 valence electrons. The number of nitrogens with zero attached hydrogens (tertiary/aromatic N) is 4. The van der Waals surface area contributed by atoms with E-state index in [9.17, 15) is 28.4 Å². The highest BCUT2D eigenvalue weighted by Gasteiger charge is 2.32. The number of nitrogens with one attached hydrogen (secondary N) is 2. The molecule has 0 spiro atoms. The molecule has 3 N–H and O–H groups in total. The summed E-state index contributed by atoms with van der Waals surface area (Å²) in [6.07, 6.45) is 7.37. The highest BCUT2D eigenvalue weighted by Crippen LogP contribution is 2.44. The second-order valence-corrected chi connectivity index (χ2v) is 20.3. The summed E-state index contributed by atoms with van der Waals surface area (Å²) in [4.78, 5) is 29.6. The van der Waals surface area contributed by atoms with Crippen LogP contribution in [0.4, 0.5) is 11.4 Å². The van der Waals surface area contributed by atoms with Crippen molar-refractivity contribution >= 4 is 55.4 Å². The van der Waals surface area contributed by atoms with Crippen molar-refractivity contribution in [3.8, 4) is 17.2 Å². The number of ether oxygens (including phenoxy) is 2. The van der Waals surface area contributed by atoms with Crippen LogP contribution in [-0.2, 0) is 10.0 Å². The summed E-state index contributed by atoms with van der Waals surface area (Å²) in [5.41, 5.74) is 4.49. The van der Waals surface area contributed by atoms with Crippen LogP contribution in [-0.4, -0.2) is 84.4 Å². The Hall–Kier alpha value is -5.48. The van der Waals surface area contributed by atoms with Crippen molar-refractivity contribution in [3.63, 3.8) is 0 Å². The molecule has 1 saturated carbocycles. The number of amides is 1. The number of benzene rings is 4. The molecule has 5 aromatic rings. The quantitative estimate of drug-likeness (QED) is 0.0758. The van der Waals surface area contributed by atoms with Gasteiger partial charge in [-0.15, -0.1) is 0 Å². The molecular formula is C47H53ClN6O8S. The lowest BCUT2D eigenvalue weighted by Crippen LogP contribution is -2.47. The van der Waals surface area contributed by atoms with E-state index < -0.39 is 37.0 Å². The first-order chi connectivity index (χ1) is 30.0. The number of nitro groups is 1. The third-order valence-electron chi connectivity index (χ3n) is 12.7. The van der Waals surface area contributed by atoms with Crippen LogP contribution in [0.3, 0.4) is 0 Å². The zero-order chi connectivity index (χ0) is 44.5. The third-order valence-corrected chi connectivity index (χ3v) is 14.3. The Morgan fingerprint density at radius 1 is 0.968 bits per heavy atom.